The Labute approximate surface area is 131 Å². The van der Waals surface area contributed by atoms with Gasteiger partial charge in [0.05, 0.1) is 11.5 Å². The highest BCUT2D eigenvalue weighted by Gasteiger charge is 2.54. The van der Waals surface area contributed by atoms with E-state index in [1.807, 2.05) is 0 Å². The van der Waals surface area contributed by atoms with Gasteiger partial charge in [0.2, 0.25) is 5.91 Å². The van der Waals surface area contributed by atoms with E-state index in [1.165, 1.54) is 0 Å². The summed E-state index contributed by atoms with van der Waals surface area (Å²) in [5.41, 5.74) is -0.897. The van der Waals surface area contributed by atoms with Gasteiger partial charge >= 0.3 is 6.09 Å². The van der Waals surface area contributed by atoms with Crippen LogP contribution in [0.3, 0.4) is 0 Å². The van der Waals surface area contributed by atoms with Crippen LogP contribution in [-0.4, -0.2) is 30.2 Å². The van der Waals surface area contributed by atoms with Gasteiger partial charge in [-0.3, -0.25) is 4.79 Å². The third kappa shape index (κ3) is 2.34. The first kappa shape index (κ1) is 14.4. The van der Waals surface area contributed by atoms with E-state index in [1.54, 1.807) is 0 Å². The van der Waals surface area contributed by atoms with Crippen LogP contribution in [0.25, 0.3) is 0 Å². The van der Waals surface area contributed by atoms with Crippen LogP contribution in [0, 0.1) is 11.6 Å². The molecule has 1 aliphatic heterocycles. The minimum Gasteiger partial charge on any atom is -0.444 e. The smallest absolute Gasteiger partial charge is 0.407 e. The van der Waals surface area contributed by atoms with Gasteiger partial charge in [-0.1, -0.05) is 0 Å². The predicted molar refractivity (Wildman–Crippen MR) is 75.6 cm³/mol. The first-order valence-electron chi connectivity index (χ1n) is 7.71. The number of ether oxygens (including phenoxy) is 1. The molecule has 3 aliphatic rings. The van der Waals surface area contributed by atoms with Crippen molar-refractivity contribution in [3.05, 3.63) is 35.4 Å². The molecule has 1 aromatic rings. The van der Waals surface area contributed by atoms with E-state index >= 15 is 0 Å². The van der Waals surface area contributed by atoms with Crippen LogP contribution in [-0.2, 0) is 14.9 Å². The molecule has 2 aliphatic carbocycles. The van der Waals surface area contributed by atoms with Gasteiger partial charge in [-0.05, 0) is 37.5 Å². The number of rotatable bonds is 3. The van der Waals surface area contributed by atoms with Crippen LogP contribution in [0.5, 0.6) is 0 Å². The monoisotopic (exact) mass is 322 g/mol. The largest absolute Gasteiger partial charge is 0.444 e. The van der Waals surface area contributed by atoms with Crippen LogP contribution in [0.2, 0.25) is 0 Å². The molecular formula is C16H16F2N2O3. The van der Waals surface area contributed by atoms with Gasteiger partial charge in [0, 0.05) is 18.0 Å². The van der Waals surface area contributed by atoms with Crippen LogP contribution in [0.4, 0.5) is 13.6 Å². The van der Waals surface area contributed by atoms with Gasteiger partial charge in [-0.15, -0.1) is 0 Å². The average Bonchev–Trinajstić information content (AvgIpc) is 3.25. The second-order valence-electron chi connectivity index (χ2n) is 6.54. The number of fused-ring (bicyclic) bond motifs is 2. The predicted octanol–water partition coefficient (Wildman–Crippen LogP) is 1.75. The summed E-state index contributed by atoms with van der Waals surface area (Å²) in [6.45, 7) is 0. The fraction of sp³-hybridized carbons (Fsp3) is 0.500. The lowest BCUT2D eigenvalue weighted by molar-refractivity contribution is -0.125. The van der Waals surface area contributed by atoms with Crippen molar-refractivity contribution in [2.75, 3.05) is 0 Å². The molecule has 0 radical (unpaired) electrons. The third-order valence-corrected chi connectivity index (χ3v) is 5.03. The maximum absolute atomic E-state index is 14.0. The Morgan fingerprint density at radius 1 is 1.30 bits per heavy atom. The minimum absolute atomic E-state index is 0.00684. The van der Waals surface area contributed by atoms with Crippen molar-refractivity contribution in [3.63, 3.8) is 0 Å². The lowest BCUT2D eigenvalue weighted by Gasteiger charge is -2.24. The summed E-state index contributed by atoms with van der Waals surface area (Å²) in [5, 5.41) is 5.57. The Morgan fingerprint density at radius 2 is 2.09 bits per heavy atom. The molecule has 4 rings (SSSR count). The number of benzene rings is 1. The third-order valence-electron chi connectivity index (χ3n) is 5.03. The number of nitrogens with one attached hydrogen (secondary N) is 2. The molecule has 7 heteroatoms. The normalized spacial score (nSPS) is 30.3. The molecule has 1 heterocycles. The molecule has 2 bridgehead atoms. The zero-order chi connectivity index (χ0) is 16.2. The molecule has 2 N–H and O–H groups in total. The van der Waals surface area contributed by atoms with Crippen molar-refractivity contribution in [1.82, 2.24) is 10.6 Å². The van der Waals surface area contributed by atoms with Crippen LogP contribution < -0.4 is 10.6 Å². The number of amides is 2. The van der Waals surface area contributed by atoms with Gasteiger partial charge in [0.1, 0.15) is 17.7 Å². The van der Waals surface area contributed by atoms with Gasteiger partial charge < -0.3 is 15.4 Å². The maximum Gasteiger partial charge on any atom is 0.407 e. The molecule has 23 heavy (non-hydrogen) atoms. The van der Waals surface area contributed by atoms with E-state index in [2.05, 4.69) is 10.6 Å². The van der Waals surface area contributed by atoms with E-state index in [-0.39, 0.29) is 29.7 Å². The van der Waals surface area contributed by atoms with Gasteiger partial charge in [-0.25, -0.2) is 13.6 Å². The van der Waals surface area contributed by atoms with E-state index in [0.717, 1.165) is 18.2 Å². The lowest BCUT2D eigenvalue weighted by atomic mass is 9.93. The molecule has 122 valence electrons. The van der Waals surface area contributed by atoms with Crippen molar-refractivity contribution in [2.45, 2.75) is 49.3 Å². The molecule has 5 nitrogen and oxygen atoms in total. The molecule has 3 fully saturated rings. The molecule has 2 saturated carbocycles. The number of alkyl carbamates (subject to hydrolysis) is 1. The lowest BCUT2D eigenvalue weighted by Crippen LogP contribution is -2.47. The SMILES string of the molecule is O=C1N[C@@H]2C[C@@H](NC(=O)C3(c4cc(F)ccc4F)CC3)[C@@H](C2)O1. The summed E-state index contributed by atoms with van der Waals surface area (Å²) < 4.78 is 32.6. The quantitative estimate of drug-likeness (QED) is 0.891. The van der Waals surface area contributed by atoms with Gasteiger partial charge in [-0.2, -0.15) is 0 Å². The first-order chi connectivity index (χ1) is 11.0. The summed E-state index contributed by atoms with van der Waals surface area (Å²) >= 11 is 0. The summed E-state index contributed by atoms with van der Waals surface area (Å²) in [5.74, 6) is -1.46. The topological polar surface area (TPSA) is 67.4 Å². The van der Waals surface area contributed by atoms with Crippen molar-refractivity contribution in [1.29, 1.82) is 0 Å². The minimum atomic E-state index is -1.000. The Kier molecular flexibility index (Phi) is 3.08. The highest BCUT2D eigenvalue weighted by molar-refractivity contribution is 5.91. The average molecular weight is 322 g/mol. The van der Waals surface area contributed by atoms with Gasteiger partial charge in [0.15, 0.2) is 0 Å². The van der Waals surface area contributed by atoms with Crippen molar-refractivity contribution in [3.8, 4) is 0 Å². The van der Waals surface area contributed by atoms with E-state index < -0.39 is 23.1 Å². The molecule has 1 aromatic carbocycles. The van der Waals surface area contributed by atoms with Crippen molar-refractivity contribution < 1.29 is 23.1 Å². The van der Waals surface area contributed by atoms with Crippen molar-refractivity contribution in [2.24, 2.45) is 0 Å². The van der Waals surface area contributed by atoms with Gasteiger partial charge in [0.25, 0.3) is 0 Å². The second kappa shape index (κ2) is 4.91. The van der Waals surface area contributed by atoms with Crippen LogP contribution in [0.1, 0.15) is 31.2 Å². The van der Waals surface area contributed by atoms with Crippen LogP contribution in [0.15, 0.2) is 18.2 Å². The van der Waals surface area contributed by atoms with Crippen molar-refractivity contribution >= 4 is 12.0 Å². The van der Waals surface area contributed by atoms with E-state index in [9.17, 15) is 18.4 Å². The number of hydrogen-bond donors (Lipinski definition) is 2. The molecular weight excluding hydrogens is 306 g/mol. The standard InChI is InChI=1S/C16H16F2N2O3/c17-8-1-2-11(18)10(5-8)16(3-4-16)14(21)20-12-6-9-7-13(12)23-15(22)19-9/h1-2,5,9,12-13H,3-4,6-7H2,(H,19,22)(H,20,21)/t9-,12-,13-/m1/s1. The summed E-state index contributed by atoms with van der Waals surface area (Å²) in [4.78, 5) is 24.0. The van der Waals surface area contributed by atoms with E-state index in [0.29, 0.717) is 25.7 Å². The highest BCUT2D eigenvalue weighted by atomic mass is 19.1. The second-order valence-corrected chi connectivity index (χ2v) is 6.54. The number of halogens is 2. The summed E-state index contributed by atoms with van der Waals surface area (Å²) in [6.07, 6.45) is 1.38. The Morgan fingerprint density at radius 3 is 2.83 bits per heavy atom. The Hall–Kier alpha value is -2.18. The zero-order valence-corrected chi connectivity index (χ0v) is 12.3. The number of carbonyl (C=O) groups is 2. The fourth-order valence-corrected chi connectivity index (χ4v) is 3.65. The molecule has 2 amide bonds. The maximum atomic E-state index is 14.0. The summed E-state index contributed by atoms with van der Waals surface area (Å²) in [7, 11) is 0. The molecule has 0 aromatic heterocycles. The number of hydrogen-bond acceptors (Lipinski definition) is 3. The van der Waals surface area contributed by atoms with Crippen LogP contribution >= 0.6 is 0 Å². The fourth-order valence-electron chi connectivity index (χ4n) is 3.65. The summed E-state index contributed by atoms with van der Waals surface area (Å²) in [6, 6.07) is 2.88. The van der Waals surface area contributed by atoms with E-state index in [4.69, 9.17) is 4.74 Å². The molecule has 0 spiro atoms. The molecule has 1 saturated heterocycles. The number of carbonyl (C=O) groups excluding carboxylic acids is 2. The highest BCUT2D eigenvalue weighted by Crippen LogP contribution is 2.49. The Balaban J connectivity index is 1.53. The molecule has 3 atom stereocenters. The first-order valence-corrected chi connectivity index (χ1v) is 7.71. The molecule has 0 unspecified atom stereocenters. The zero-order valence-electron chi connectivity index (χ0n) is 12.3. The Bertz CT molecular complexity index is 690.